The van der Waals surface area contributed by atoms with Gasteiger partial charge in [0.25, 0.3) is 5.91 Å². The molecule has 0 bridgehead atoms. The van der Waals surface area contributed by atoms with E-state index in [-0.39, 0.29) is 5.91 Å². The van der Waals surface area contributed by atoms with Crippen LogP contribution in [-0.2, 0) is 6.42 Å². The van der Waals surface area contributed by atoms with E-state index in [4.69, 9.17) is 21.6 Å². The number of piperazine rings is 1. The van der Waals surface area contributed by atoms with E-state index in [9.17, 15) is 4.79 Å². The average Bonchev–Trinajstić information content (AvgIpc) is 3.47. The molecule has 0 saturated carbocycles. The second kappa shape index (κ2) is 10.2. The van der Waals surface area contributed by atoms with E-state index in [1.165, 1.54) is 0 Å². The fourth-order valence-electron chi connectivity index (χ4n) is 4.70. The summed E-state index contributed by atoms with van der Waals surface area (Å²) < 4.78 is 0. The van der Waals surface area contributed by atoms with Crippen molar-refractivity contribution >= 4 is 35.0 Å². The van der Waals surface area contributed by atoms with Gasteiger partial charge in [-0.2, -0.15) is 5.10 Å². The maximum atomic E-state index is 12.9. The summed E-state index contributed by atoms with van der Waals surface area (Å²) in [6, 6.07) is 11.1. The van der Waals surface area contributed by atoms with Crippen LogP contribution in [0.2, 0.25) is 5.02 Å². The van der Waals surface area contributed by atoms with Crippen LogP contribution in [0, 0.1) is 12.8 Å². The standard InChI is InChI=1S/C25H31ClN8O/c1-17-12-23(31-30-17)28-22-15-24(33-10-8-32(2)9-11-33)29-21(27-22)13-18-6-7-34(16-18)25(35)19-4-3-5-20(26)14-19/h3-5,12,14-15,18H,6-11,13,16H2,1-2H3,(H2,27,28,29,30,31). The molecule has 1 amide bonds. The van der Waals surface area contributed by atoms with Crippen LogP contribution in [0.25, 0.3) is 0 Å². The predicted octanol–water partition coefficient (Wildman–Crippen LogP) is 3.36. The summed E-state index contributed by atoms with van der Waals surface area (Å²) in [4.78, 5) is 29.3. The van der Waals surface area contributed by atoms with E-state index in [0.717, 1.165) is 74.5 Å². The number of anilines is 3. The van der Waals surface area contributed by atoms with Crippen LogP contribution in [0.4, 0.5) is 17.5 Å². The molecule has 2 aliphatic rings. The maximum Gasteiger partial charge on any atom is 0.253 e. The number of likely N-dealkylation sites (N-methyl/N-ethyl adjacent to an activating group) is 1. The molecule has 2 aliphatic heterocycles. The summed E-state index contributed by atoms with van der Waals surface area (Å²) in [7, 11) is 2.15. The van der Waals surface area contributed by atoms with Crippen LogP contribution in [-0.4, -0.2) is 82.2 Å². The molecule has 2 aromatic heterocycles. The van der Waals surface area contributed by atoms with Crippen molar-refractivity contribution in [3.05, 3.63) is 58.5 Å². The van der Waals surface area contributed by atoms with Crippen molar-refractivity contribution in [2.24, 2.45) is 5.92 Å². The van der Waals surface area contributed by atoms with Crippen LogP contribution in [0.1, 0.15) is 28.3 Å². The molecule has 3 aromatic rings. The highest BCUT2D eigenvalue weighted by Crippen LogP contribution is 2.26. The number of nitrogens with one attached hydrogen (secondary N) is 2. The number of rotatable bonds is 6. The van der Waals surface area contributed by atoms with Crippen LogP contribution in [0.3, 0.4) is 0 Å². The molecule has 35 heavy (non-hydrogen) atoms. The number of aryl methyl sites for hydroxylation is 1. The molecule has 1 atom stereocenters. The Kier molecular flexibility index (Phi) is 6.88. The van der Waals surface area contributed by atoms with Gasteiger partial charge >= 0.3 is 0 Å². The minimum absolute atomic E-state index is 0.0263. The van der Waals surface area contributed by atoms with Crippen molar-refractivity contribution in [1.82, 2.24) is 30.0 Å². The van der Waals surface area contributed by atoms with Gasteiger partial charge in [0.05, 0.1) is 0 Å². The summed E-state index contributed by atoms with van der Waals surface area (Å²) in [5, 5.41) is 11.2. The first-order valence-corrected chi connectivity index (χ1v) is 12.5. The number of benzene rings is 1. The Bertz CT molecular complexity index is 1190. The van der Waals surface area contributed by atoms with Gasteiger partial charge in [-0.05, 0) is 44.5 Å². The van der Waals surface area contributed by atoms with Crippen molar-refractivity contribution in [3.63, 3.8) is 0 Å². The molecule has 2 fully saturated rings. The molecule has 1 aromatic carbocycles. The molecule has 0 aliphatic carbocycles. The number of halogens is 1. The van der Waals surface area contributed by atoms with Gasteiger partial charge < -0.3 is 20.0 Å². The number of carbonyl (C=O) groups is 1. The Labute approximate surface area is 210 Å². The summed E-state index contributed by atoms with van der Waals surface area (Å²) in [6.45, 7) is 7.25. The lowest BCUT2D eigenvalue weighted by Crippen LogP contribution is -2.45. The van der Waals surface area contributed by atoms with Crippen molar-refractivity contribution < 1.29 is 4.79 Å². The minimum Gasteiger partial charge on any atom is -0.354 e. The molecule has 4 heterocycles. The highest BCUT2D eigenvalue weighted by atomic mass is 35.5. The molecule has 2 N–H and O–H groups in total. The third kappa shape index (κ3) is 5.74. The van der Waals surface area contributed by atoms with Gasteiger partial charge in [0.2, 0.25) is 0 Å². The van der Waals surface area contributed by atoms with E-state index in [2.05, 4.69) is 32.4 Å². The smallest absolute Gasteiger partial charge is 0.253 e. The van der Waals surface area contributed by atoms with Gasteiger partial charge in [-0.3, -0.25) is 9.89 Å². The fourth-order valence-corrected chi connectivity index (χ4v) is 4.89. The second-order valence-electron chi connectivity index (χ2n) is 9.50. The highest BCUT2D eigenvalue weighted by molar-refractivity contribution is 6.30. The lowest BCUT2D eigenvalue weighted by atomic mass is 10.0. The number of aromatic nitrogens is 4. The molecule has 2 saturated heterocycles. The molecule has 184 valence electrons. The van der Waals surface area contributed by atoms with E-state index < -0.39 is 0 Å². The third-order valence-corrected chi connectivity index (χ3v) is 6.90. The van der Waals surface area contributed by atoms with Crippen molar-refractivity contribution in [3.8, 4) is 0 Å². The monoisotopic (exact) mass is 494 g/mol. The van der Waals surface area contributed by atoms with Crippen molar-refractivity contribution in [2.45, 2.75) is 19.8 Å². The molecular weight excluding hydrogens is 464 g/mol. The van der Waals surface area contributed by atoms with Gasteiger partial charge in [0.15, 0.2) is 5.82 Å². The molecular formula is C25H31ClN8O. The van der Waals surface area contributed by atoms with Crippen molar-refractivity contribution in [1.29, 1.82) is 0 Å². The second-order valence-corrected chi connectivity index (χ2v) is 9.94. The van der Waals surface area contributed by atoms with Crippen LogP contribution in [0.5, 0.6) is 0 Å². The van der Waals surface area contributed by atoms with Gasteiger partial charge in [-0.15, -0.1) is 0 Å². The maximum absolute atomic E-state index is 12.9. The Morgan fingerprint density at radius 1 is 1.11 bits per heavy atom. The lowest BCUT2D eigenvalue weighted by Gasteiger charge is -2.33. The van der Waals surface area contributed by atoms with Crippen LogP contribution >= 0.6 is 11.6 Å². The van der Waals surface area contributed by atoms with E-state index in [1.807, 2.05) is 36.1 Å². The predicted molar refractivity (Wildman–Crippen MR) is 138 cm³/mol. The molecule has 5 rings (SSSR count). The quantitative estimate of drug-likeness (QED) is 0.542. The molecule has 0 radical (unpaired) electrons. The summed E-state index contributed by atoms with van der Waals surface area (Å²) in [6.07, 6.45) is 1.64. The lowest BCUT2D eigenvalue weighted by molar-refractivity contribution is 0.0787. The molecule has 1 unspecified atom stereocenters. The largest absolute Gasteiger partial charge is 0.354 e. The van der Waals surface area contributed by atoms with Gasteiger partial charge in [-0.25, -0.2) is 9.97 Å². The summed E-state index contributed by atoms with van der Waals surface area (Å²) in [5.74, 6) is 3.52. The minimum atomic E-state index is 0.0263. The number of H-pyrrole nitrogens is 1. The zero-order chi connectivity index (χ0) is 24.4. The number of carbonyl (C=O) groups excluding carboxylic acids is 1. The first kappa shape index (κ1) is 23.6. The van der Waals surface area contributed by atoms with Crippen molar-refractivity contribution in [2.75, 3.05) is 56.5 Å². The summed E-state index contributed by atoms with van der Waals surface area (Å²) in [5.41, 5.74) is 1.61. The first-order valence-electron chi connectivity index (χ1n) is 12.1. The number of hydrogen-bond acceptors (Lipinski definition) is 7. The zero-order valence-electron chi connectivity index (χ0n) is 20.2. The van der Waals surface area contributed by atoms with E-state index in [0.29, 0.717) is 23.0 Å². The molecule has 0 spiro atoms. The molecule has 10 heteroatoms. The van der Waals surface area contributed by atoms with Gasteiger partial charge in [0.1, 0.15) is 17.5 Å². The number of hydrogen-bond donors (Lipinski definition) is 2. The number of amides is 1. The Morgan fingerprint density at radius 2 is 1.94 bits per heavy atom. The van der Waals surface area contributed by atoms with E-state index in [1.54, 1.807) is 12.1 Å². The summed E-state index contributed by atoms with van der Waals surface area (Å²) >= 11 is 6.09. The third-order valence-electron chi connectivity index (χ3n) is 6.66. The van der Waals surface area contributed by atoms with Crippen LogP contribution in [0.15, 0.2) is 36.4 Å². The Hall–Kier alpha value is -3.17. The van der Waals surface area contributed by atoms with E-state index >= 15 is 0 Å². The van der Waals surface area contributed by atoms with Gasteiger partial charge in [-0.1, -0.05) is 17.7 Å². The number of aromatic amines is 1. The van der Waals surface area contributed by atoms with Crippen LogP contribution < -0.4 is 10.2 Å². The SMILES string of the molecule is Cc1cc(Nc2cc(N3CCN(C)CC3)nc(CC3CCN(C(=O)c4cccc(Cl)c4)C3)n2)n[nH]1. The average molecular weight is 495 g/mol. The Balaban J connectivity index is 1.32. The van der Waals surface area contributed by atoms with Gasteiger partial charge in [0, 0.05) is 74.1 Å². The topological polar surface area (TPSA) is 93.3 Å². The fraction of sp³-hybridized carbons (Fsp3) is 0.440. The number of likely N-dealkylation sites (tertiary alicyclic amines) is 1. The highest BCUT2D eigenvalue weighted by Gasteiger charge is 2.28. The molecule has 9 nitrogen and oxygen atoms in total. The Morgan fingerprint density at radius 3 is 2.69 bits per heavy atom. The zero-order valence-corrected chi connectivity index (χ0v) is 20.9. The first-order chi connectivity index (χ1) is 16.9. The normalized spacial score (nSPS) is 18.8. The number of nitrogens with zero attached hydrogens (tertiary/aromatic N) is 6.